The summed E-state index contributed by atoms with van der Waals surface area (Å²) in [6, 6.07) is 7.53. The van der Waals surface area contributed by atoms with Crippen molar-refractivity contribution in [3.63, 3.8) is 0 Å². The van der Waals surface area contributed by atoms with Gasteiger partial charge in [-0.25, -0.2) is 4.79 Å². The number of piperidine rings is 2. The third-order valence-corrected chi connectivity index (χ3v) is 8.56. The predicted molar refractivity (Wildman–Crippen MR) is 147 cm³/mol. The van der Waals surface area contributed by atoms with Crippen LogP contribution in [0.5, 0.6) is 0 Å². The zero-order chi connectivity index (χ0) is 27.3. The van der Waals surface area contributed by atoms with Gasteiger partial charge in [-0.3, -0.25) is 24.6 Å². The van der Waals surface area contributed by atoms with Crippen LogP contribution in [0.15, 0.2) is 24.3 Å². The van der Waals surface area contributed by atoms with Crippen molar-refractivity contribution < 1.29 is 23.9 Å². The van der Waals surface area contributed by atoms with Crippen LogP contribution in [0.4, 0.5) is 9.80 Å². The predicted octanol–water partition coefficient (Wildman–Crippen LogP) is 3.17. The average molecular weight is 544 g/mol. The molecule has 4 N–H and O–H groups in total. The fraction of sp³-hybridized carbons (Fsp3) is 0.556. The Labute approximate surface area is 226 Å². The lowest BCUT2D eigenvalue weighted by molar-refractivity contribution is -0.162. The SMILES string of the molecule is CCNC(=O)Nc1sc2ccccc2c1C(=O)N1CCC(N2CCCC(CC(N)=O)(C(=O)OCC)C2)CC1. The zero-order valence-electron chi connectivity index (χ0n) is 22.1. The molecule has 1 unspecified atom stereocenters. The molecule has 2 aromatic rings. The van der Waals surface area contributed by atoms with E-state index in [4.69, 9.17) is 10.5 Å². The molecule has 3 heterocycles. The van der Waals surface area contributed by atoms with Gasteiger partial charge in [-0.1, -0.05) is 18.2 Å². The molecule has 2 aliphatic heterocycles. The number of carbonyl (C=O) groups is 4. The third kappa shape index (κ3) is 5.94. The minimum Gasteiger partial charge on any atom is -0.466 e. The van der Waals surface area contributed by atoms with E-state index >= 15 is 0 Å². The van der Waals surface area contributed by atoms with Gasteiger partial charge in [-0.05, 0) is 52.1 Å². The normalized spacial score (nSPS) is 20.7. The molecule has 11 heteroatoms. The van der Waals surface area contributed by atoms with Gasteiger partial charge in [0.2, 0.25) is 5.91 Å². The standard InChI is InChI=1S/C27H37N5O5S/c1-3-29-26(36)30-23-22(19-8-5-6-9-20(19)38-23)24(34)31-14-10-18(11-15-31)32-13-7-12-27(17-32,16-21(28)33)25(35)37-4-2/h5-6,8-9,18H,3-4,7,10-17H2,1-2H3,(H2,28,33)(H2,29,30,36). The molecule has 1 atom stereocenters. The number of nitrogens with two attached hydrogens (primary N) is 1. The Morgan fingerprint density at radius 3 is 2.55 bits per heavy atom. The molecule has 4 rings (SSSR count). The second kappa shape index (κ2) is 12.1. The minimum absolute atomic E-state index is 0.0215. The lowest BCUT2D eigenvalue weighted by atomic mass is 9.76. The average Bonchev–Trinajstić information content (AvgIpc) is 3.26. The topological polar surface area (TPSA) is 134 Å². The first-order valence-corrected chi connectivity index (χ1v) is 14.1. The van der Waals surface area contributed by atoms with Gasteiger partial charge in [-0.15, -0.1) is 11.3 Å². The second-order valence-corrected chi connectivity index (χ2v) is 11.1. The fourth-order valence-electron chi connectivity index (χ4n) is 5.73. The summed E-state index contributed by atoms with van der Waals surface area (Å²) in [5.41, 5.74) is 5.13. The quantitative estimate of drug-likeness (QED) is 0.438. The highest BCUT2D eigenvalue weighted by Crippen LogP contribution is 2.39. The maximum atomic E-state index is 13.7. The van der Waals surface area contributed by atoms with Crippen LogP contribution in [0, 0.1) is 5.41 Å². The van der Waals surface area contributed by atoms with Gasteiger partial charge < -0.3 is 20.7 Å². The molecule has 1 aromatic carbocycles. The maximum Gasteiger partial charge on any atom is 0.319 e. The molecular weight excluding hydrogens is 506 g/mol. The molecule has 0 aliphatic carbocycles. The van der Waals surface area contributed by atoms with Crippen LogP contribution in [0.25, 0.3) is 10.1 Å². The number of thiophene rings is 1. The Bertz CT molecular complexity index is 1190. The van der Waals surface area contributed by atoms with E-state index < -0.39 is 11.3 Å². The molecular formula is C27H37N5O5S. The maximum absolute atomic E-state index is 13.7. The molecule has 38 heavy (non-hydrogen) atoms. The summed E-state index contributed by atoms with van der Waals surface area (Å²) in [5.74, 6) is -0.950. The number of hydrogen-bond donors (Lipinski definition) is 3. The highest BCUT2D eigenvalue weighted by atomic mass is 32.1. The summed E-state index contributed by atoms with van der Waals surface area (Å²) in [6.07, 6.45) is 2.84. The number of rotatable bonds is 8. The summed E-state index contributed by atoms with van der Waals surface area (Å²) in [6.45, 7) is 6.73. The number of urea groups is 1. The summed E-state index contributed by atoms with van der Waals surface area (Å²) in [4.78, 5) is 54.8. The number of benzene rings is 1. The molecule has 2 fully saturated rings. The molecule has 10 nitrogen and oxygen atoms in total. The minimum atomic E-state index is -0.914. The largest absolute Gasteiger partial charge is 0.466 e. The molecule has 2 saturated heterocycles. The summed E-state index contributed by atoms with van der Waals surface area (Å²) < 4.78 is 6.28. The molecule has 0 radical (unpaired) electrons. The first-order chi connectivity index (χ1) is 18.3. The number of amides is 4. The lowest BCUT2D eigenvalue weighted by Crippen LogP contribution is -2.55. The van der Waals surface area contributed by atoms with Gasteiger partial charge in [0.1, 0.15) is 5.00 Å². The summed E-state index contributed by atoms with van der Waals surface area (Å²) in [5, 5.41) is 6.96. The fourth-order valence-corrected chi connectivity index (χ4v) is 6.82. The monoisotopic (exact) mass is 543 g/mol. The van der Waals surface area contributed by atoms with E-state index in [2.05, 4.69) is 15.5 Å². The number of ether oxygens (including phenoxy) is 1. The Kier molecular flexibility index (Phi) is 8.88. The van der Waals surface area contributed by atoms with Crippen molar-refractivity contribution in [1.29, 1.82) is 0 Å². The summed E-state index contributed by atoms with van der Waals surface area (Å²) >= 11 is 1.40. The number of likely N-dealkylation sites (tertiary alicyclic amines) is 2. The lowest BCUT2D eigenvalue weighted by Gasteiger charge is -2.46. The van der Waals surface area contributed by atoms with E-state index in [0.717, 1.165) is 35.9 Å². The van der Waals surface area contributed by atoms with Crippen molar-refractivity contribution in [3.8, 4) is 0 Å². The molecule has 2 aliphatic rings. The van der Waals surface area contributed by atoms with Crippen LogP contribution in [0.1, 0.15) is 56.3 Å². The number of hydrogen-bond acceptors (Lipinski definition) is 7. The van der Waals surface area contributed by atoms with Crippen LogP contribution in [-0.4, -0.2) is 79.0 Å². The second-order valence-electron chi connectivity index (χ2n) is 10.0. The van der Waals surface area contributed by atoms with Crippen molar-refractivity contribution in [3.05, 3.63) is 29.8 Å². The van der Waals surface area contributed by atoms with Crippen LogP contribution in [-0.2, 0) is 14.3 Å². The van der Waals surface area contributed by atoms with Crippen LogP contribution in [0.2, 0.25) is 0 Å². The molecule has 4 amide bonds. The van der Waals surface area contributed by atoms with E-state index in [0.29, 0.717) is 43.2 Å². The smallest absolute Gasteiger partial charge is 0.319 e. The van der Waals surface area contributed by atoms with Gasteiger partial charge in [0.25, 0.3) is 5.91 Å². The van der Waals surface area contributed by atoms with E-state index in [-0.39, 0.29) is 37.0 Å². The first-order valence-electron chi connectivity index (χ1n) is 13.3. The van der Waals surface area contributed by atoms with Crippen molar-refractivity contribution in [2.24, 2.45) is 11.1 Å². The van der Waals surface area contributed by atoms with Gasteiger partial charge >= 0.3 is 12.0 Å². The van der Waals surface area contributed by atoms with Gasteiger partial charge in [-0.2, -0.15) is 0 Å². The number of fused-ring (bicyclic) bond motifs is 1. The molecule has 206 valence electrons. The highest BCUT2D eigenvalue weighted by Gasteiger charge is 2.46. The van der Waals surface area contributed by atoms with Gasteiger partial charge in [0, 0.05) is 48.7 Å². The molecule has 1 aromatic heterocycles. The zero-order valence-corrected chi connectivity index (χ0v) is 22.9. The van der Waals surface area contributed by atoms with Crippen LogP contribution < -0.4 is 16.4 Å². The number of esters is 1. The molecule has 0 spiro atoms. The Balaban J connectivity index is 1.47. The number of carbonyl (C=O) groups excluding carboxylic acids is 4. The van der Waals surface area contributed by atoms with E-state index in [1.165, 1.54) is 11.3 Å². The van der Waals surface area contributed by atoms with Gasteiger partial charge in [0.15, 0.2) is 0 Å². The summed E-state index contributed by atoms with van der Waals surface area (Å²) in [7, 11) is 0. The van der Waals surface area contributed by atoms with Crippen LogP contribution >= 0.6 is 11.3 Å². The number of primary amides is 1. The highest BCUT2D eigenvalue weighted by molar-refractivity contribution is 7.23. The van der Waals surface area contributed by atoms with Gasteiger partial charge in [0.05, 0.1) is 17.6 Å². The first kappa shape index (κ1) is 27.8. The Hall–Kier alpha value is -3.18. The van der Waals surface area contributed by atoms with E-state index in [1.807, 2.05) is 36.1 Å². The number of nitrogens with one attached hydrogen (secondary N) is 2. The van der Waals surface area contributed by atoms with Crippen LogP contribution in [0.3, 0.4) is 0 Å². The van der Waals surface area contributed by atoms with Crippen molar-refractivity contribution in [2.75, 3.05) is 44.6 Å². The van der Waals surface area contributed by atoms with Crippen molar-refractivity contribution >= 4 is 50.2 Å². The van der Waals surface area contributed by atoms with Crippen molar-refractivity contribution in [2.45, 2.75) is 52.0 Å². The molecule has 0 bridgehead atoms. The van der Waals surface area contributed by atoms with E-state index in [1.54, 1.807) is 6.92 Å². The Morgan fingerprint density at radius 1 is 1.13 bits per heavy atom. The number of nitrogens with zero attached hydrogens (tertiary/aromatic N) is 2. The molecule has 0 saturated carbocycles. The third-order valence-electron chi connectivity index (χ3n) is 7.47. The number of anilines is 1. The van der Waals surface area contributed by atoms with E-state index in [9.17, 15) is 19.2 Å². The Morgan fingerprint density at radius 2 is 1.87 bits per heavy atom. The van der Waals surface area contributed by atoms with Crippen molar-refractivity contribution in [1.82, 2.24) is 15.1 Å².